The number of para-hydroxylation sites is 1. The summed E-state index contributed by atoms with van der Waals surface area (Å²) in [4.78, 5) is 26.8. The van der Waals surface area contributed by atoms with Crippen LogP contribution in [-0.4, -0.2) is 35.4 Å². The van der Waals surface area contributed by atoms with Gasteiger partial charge < -0.3 is 15.0 Å². The molecule has 6 heteroatoms. The maximum Gasteiger partial charge on any atom is 0.331 e. The molecule has 1 unspecified atom stereocenters. The van der Waals surface area contributed by atoms with Crippen LogP contribution in [0.2, 0.25) is 0 Å². The first kappa shape index (κ1) is 15.4. The highest BCUT2D eigenvalue weighted by molar-refractivity contribution is 6.27. The number of fused-ring (bicyclic) bond motifs is 1. The van der Waals surface area contributed by atoms with Crippen molar-refractivity contribution in [1.82, 2.24) is 10.3 Å². The highest BCUT2D eigenvalue weighted by atomic mass is 35.5. The highest BCUT2D eigenvalue weighted by Crippen LogP contribution is 2.23. The van der Waals surface area contributed by atoms with Gasteiger partial charge in [-0.15, -0.1) is 11.6 Å². The second-order valence-electron chi connectivity index (χ2n) is 5.04. The highest BCUT2D eigenvalue weighted by Gasteiger charge is 2.36. The number of methoxy groups -OCH3 is 1. The number of amides is 1. The monoisotopic (exact) mass is 308 g/mol. The summed E-state index contributed by atoms with van der Waals surface area (Å²) in [5.74, 6) is -1.13. The number of H-pyrrole nitrogens is 1. The van der Waals surface area contributed by atoms with Gasteiger partial charge in [0.05, 0.1) is 7.11 Å². The van der Waals surface area contributed by atoms with E-state index < -0.39 is 17.4 Å². The fourth-order valence-electron chi connectivity index (χ4n) is 2.39. The molecule has 0 spiro atoms. The molecule has 5 nitrogen and oxygen atoms in total. The molecule has 2 N–H and O–H groups in total. The molecule has 1 amide bonds. The predicted molar refractivity (Wildman–Crippen MR) is 81.3 cm³/mol. The first-order chi connectivity index (χ1) is 10.00. The van der Waals surface area contributed by atoms with Crippen molar-refractivity contribution in [2.24, 2.45) is 0 Å². The molecule has 1 aromatic carbocycles. The molecule has 112 valence electrons. The van der Waals surface area contributed by atoms with Gasteiger partial charge in [0.1, 0.15) is 11.4 Å². The van der Waals surface area contributed by atoms with E-state index in [9.17, 15) is 9.59 Å². The number of ether oxygens (including phenoxy) is 1. The van der Waals surface area contributed by atoms with Gasteiger partial charge in [-0.25, -0.2) is 4.79 Å². The van der Waals surface area contributed by atoms with Gasteiger partial charge in [-0.2, -0.15) is 0 Å². The van der Waals surface area contributed by atoms with Gasteiger partial charge in [-0.05, 0) is 18.6 Å². The summed E-state index contributed by atoms with van der Waals surface area (Å²) < 4.78 is 4.81. The van der Waals surface area contributed by atoms with Crippen LogP contribution in [0.25, 0.3) is 10.9 Å². The van der Waals surface area contributed by atoms with Crippen LogP contribution in [0.15, 0.2) is 30.5 Å². The van der Waals surface area contributed by atoms with E-state index in [-0.39, 0.29) is 5.88 Å². The normalized spacial score (nSPS) is 13.7. The topological polar surface area (TPSA) is 71.2 Å². The van der Waals surface area contributed by atoms with Crippen molar-refractivity contribution in [3.05, 3.63) is 36.0 Å². The van der Waals surface area contributed by atoms with Crippen LogP contribution < -0.4 is 5.32 Å². The molecule has 2 rings (SSSR count). The molecule has 0 aliphatic carbocycles. The Morgan fingerprint density at radius 1 is 1.38 bits per heavy atom. The average molecular weight is 309 g/mol. The zero-order valence-corrected chi connectivity index (χ0v) is 12.7. The fourth-order valence-corrected chi connectivity index (χ4v) is 2.46. The average Bonchev–Trinajstić information content (AvgIpc) is 2.89. The first-order valence-corrected chi connectivity index (χ1v) is 7.04. The van der Waals surface area contributed by atoms with Gasteiger partial charge >= 0.3 is 5.97 Å². The number of hydrogen-bond donors (Lipinski definition) is 2. The van der Waals surface area contributed by atoms with Gasteiger partial charge in [0.25, 0.3) is 0 Å². The van der Waals surface area contributed by atoms with Gasteiger partial charge in [-0.1, -0.05) is 18.2 Å². The lowest BCUT2D eigenvalue weighted by molar-refractivity contribution is -0.149. The lowest BCUT2D eigenvalue weighted by Crippen LogP contribution is -2.54. The Labute approximate surface area is 127 Å². The van der Waals surface area contributed by atoms with E-state index in [1.807, 2.05) is 30.5 Å². The molecule has 0 radical (unpaired) electrons. The Morgan fingerprint density at radius 2 is 2.10 bits per heavy atom. The standard InChI is InChI=1S/C15H17ClN2O3/c1-15(14(20)21-2,18-13(19)8-16)7-10-9-17-12-6-4-3-5-11(10)12/h3-6,9,17H,7-8H2,1-2H3,(H,18,19). The zero-order chi connectivity index (χ0) is 15.5. The molecule has 21 heavy (non-hydrogen) atoms. The van der Waals surface area contributed by atoms with Gasteiger partial charge in [0, 0.05) is 23.5 Å². The molecule has 1 atom stereocenters. The number of alkyl halides is 1. The minimum Gasteiger partial charge on any atom is -0.467 e. The third-order valence-corrected chi connectivity index (χ3v) is 3.63. The minimum absolute atomic E-state index is 0.208. The van der Waals surface area contributed by atoms with Crippen molar-refractivity contribution in [1.29, 1.82) is 0 Å². The van der Waals surface area contributed by atoms with Crippen LogP contribution in [0, 0.1) is 0 Å². The summed E-state index contributed by atoms with van der Waals surface area (Å²) in [5, 5.41) is 3.64. The third kappa shape index (κ3) is 3.19. The molecule has 2 aromatic rings. The van der Waals surface area contributed by atoms with E-state index in [0.29, 0.717) is 6.42 Å². The summed E-state index contributed by atoms with van der Waals surface area (Å²) in [6.07, 6.45) is 2.14. The largest absolute Gasteiger partial charge is 0.467 e. The third-order valence-electron chi connectivity index (χ3n) is 3.39. The first-order valence-electron chi connectivity index (χ1n) is 6.50. The number of nitrogens with one attached hydrogen (secondary N) is 2. The van der Waals surface area contributed by atoms with Crippen LogP contribution in [0.1, 0.15) is 12.5 Å². The number of esters is 1. The molecular formula is C15H17ClN2O3. The molecule has 0 saturated carbocycles. The molecule has 1 aromatic heterocycles. The lowest BCUT2D eigenvalue weighted by atomic mass is 9.92. The molecular weight excluding hydrogens is 292 g/mol. The van der Waals surface area contributed by atoms with Crippen LogP contribution in [-0.2, 0) is 20.7 Å². The SMILES string of the molecule is COC(=O)C(C)(Cc1c[nH]c2ccccc12)NC(=O)CCl. The van der Waals surface area contributed by atoms with Crippen molar-refractivity contribution in [2.45, 2.75) is 18.9 Å². The number of rotatable bonds is 5. The quantitative estimate of drug-likeness (QED) is 0.655. The van der Waals surface area contributed by atoms with Crippen molar-refractivity contribution in [3.8, 4) is 0 Å². The molecule has 0 aliphatic heterocycles. The van der Waals surface area contributed by atoms with Gasteiger partial charge in [0.15, 0.2) is 0 Å². The van der Waals surface area contributed by atoms with Gasteiger partial charge in [0.2, 0.25) is 5.91 Å². The van der Waals surface area contributed by atoms with Crippen LogP contribution >= 0.6 is 11.6 Å². The predicted octanol–water partition coefficient (Wildman–Crippen LogP) is 2.00. The summed E-state index contributed by atoms with van der Waals surface area (Å²) >= 11 is 5.51. The zero-order valence-electron chi connectivity index (χ0n) is 11.9. The summed E-state index contributed by atoms with van der Waals surface area (Å²) in [7, 11) is 1.29. The molecule has 1 heterocycles. The number of aromatic nitrogens is 1. The van der Waals surface area contributed by atoms with Crippen molar-refractivity contribution >= 4 is 34.4 Å². The van der Waals surface area contributed by atoms with E-state index >= 15 is 0 Å². The molecule has 0 fully saturated rings. The number of carbonyl (C=O) groups is 2. The maximum atomic E-state index is 12.1. The Kier molecular flexibility index (Phi) is 4.53. The smallest absolute Gasteiger partial charge is 0.331 e. The number of halogens is 1. The van der Waals surface area contributed by atoms with E-state index in [1.54, 1.807) is 6.92 Å². The lowest BCUT2D eigenvalue weighted by Gasteiger charge is -2.27. The van der Waals surface area contributed by atoms with E-state index in [0.717, 1.165) is 16.5 Å². The second kappa shape index (κ2) is 6.18. The van der Waals surface area contributed by atoms with Crippen molar-refractivity contribution in [3.63, 3.8) is 0 Å². The number of hydrogen-bond acceptors (Lipinski definition) is 3. The summed E-state index contributed by atoms with van der Waals surface area (Å²) in [6, 6.07) is 7.76. The summed E-state index contributed by atoms with van der Waals surface area (Å²) in [6.45, 7) is 1.63. The minimum atomic E-state index is -1.16. The van der Waals surface area contributed by atoms with Crippen LogP contribution in [0.4, 0.5) is 0 Å². The Balaban J connectivity index is 2.34. The molecule has 0 saturated heterocycles. The van der Waals surface area contributed by atoms with Gasteiger partial charge in [-0.3, -0.25) is 4.79 Å². The fraction of sp³-hybridized carbons (Fsp3) is 0.333. The molecule has 0 aliphatic rings. The maximum absolute atomic E-state index is 12.1. The van der Waals surface area contributed by atoms with Crippen molar-refractivity contribution in [2.75, 3.05) is 13.0 Å². The molecule has 0 bridgehead atoms. The van der Waals surface area contributed by atoms with E-state index in [2.05, 4.69) is 10.3 Å². The summed E-state index contributed by atoms with van der Waals surface area (Å²) in [5.41, 5.74) is 0.739. The Hall–Kier alpha value is -2.01. The Bertz CT molecular complexity index is 668. The number of benzene rings is 1. The Morgan fingerprint density at radius 3 is 2.76 bits per heavy atom. The van der Waals surface area contributed by atoms with E-state index in [4.69, 9.17) is 16.3 Å². The van der Waals surface area contributed by atoms with Crippen LogP contribution in [0.5, 0.6) is 0 Å². The second-order valence-corrected chi connectivity index (χ2v) is 5.31. The number of carbonyl (C=O) groups excluding carboxylic acids is 2. The number of aromatic amines is 1. The van der Waals surface area contributed by atoms with Crippen LogP contribution in [0.3, 0.4) is 0 Å². The van der Waals surface area contributed by atoms with E-state index in [1.165, 1.54) is 7.11 Å². The van der Waals surface area contributed by atoms with Crippen molar-refractivity contribution < 1.29 is 14.3 Å².